The van der Waals surface area contributed by atoms with Crippen molar-refractivity contribution in [3.63, 3.8) is 0 Å². The number of nitrogens with two attached hydrogens (primary N) is 1. The maximum absolute atomic E-state index is 10.5. The molecule has 0 fully saturated rings. The first-order chi connectivity index (χ1) is 5.52. The minimum Gasteiger partial charge on any atom is -0.478 e. The van der Waals surface area contributed by atoms with Gasteiger partial charge in [-0.1, -0.05) is 23.2 Å². The van der Waals surface area contributed by atoms with E-state index in [1.54, 1.807) is 0 Å². The summed E-state index contributed by atoms with van der Waals surface area (Å²) in [7, 11) is 0. The van der Waals surface area contributed by atoms with Crippen molar-refractivity contribution >= 4 is 34.9 Å². The molecule has 0 bridgehead atoms. The zero-order valence-electron chi connectivity index (χ0n) is 5.71. The third-order valence-corrected chi connectivity index (χ3v) is 1.66. The molecule has 0 atom stereocenters. The molecular formula is C6H4Cl2N2O2. The van der Waals surface area contributed by atoms with Gasteiger partial charge in [-0.3, -0.25) is 0 Å². The van der Waals surface area contributed by atoms with Crippen LogP contribution in [0.25, 0.3) is 0 Å². The summed E-state index contributed by atoms with van der Waals surface area (Å²) in [4.78, 5) is 14.0. The second-order valence-electron chi connectivity index (χ2n) is 2.01. The van der Waals surface area contributed by atoms with Crippen LogP contribution in [0.3, 0.4) is 0 Å². The van der Waals surface area contributed by atoms with Crippen molar-refractivity contribution in [2.75, 3.05) is 5.73 Å². The zero-order chi connectivity index (χ0) is 9.30. The molecule has 0 spiro atoms. The lowest BCUT2D eigenvalue weighted by Gasteiger charge is -2.01. The van der Waals surface area contributed by atoms with Crippen molar-refractivity contribution in [3.05, 3.63) is 21.9 Å². The van der Waals surface area contributed by atoms with Gasteiger partial charge in [-0.05, 0) is 6.07 Å². The summed E-state index contributed by atoms with van der Waals surface area (Å²) >= 11 is 10.9. The Bertz CT molecular complexity index is 317. The number of nitrogen functional groups attached to an aromatic ring is 1. The van der Waals surface area contributed by atoms with Crippen LogP contribution < -0.4 is 5.73 Å². The summed E-state index contributed by atoms with van der Waals surface area (Å²) in [6.07, 6.45) is 0. The quantitative estimate of drug-likeness (QED) is 0.686. The number of carbonyl (C=O) groups is 1. The van der Waals surface area contributed by atoms with Crippen molar-refractivity contribution in [1.82, 2.24) is 4.98 Å². The van der Waals surface area contributed by atoms with Crippen LogP contribution in [0.4, 0.5) is 5.69 Å². The molecular weight excluding hydrogens is 203 g/mol. The predicted octanol–water partition coefficient (Wildman–Crippen LogP) is 1.67. The van der Waals surface area contributed by atoms with Crippen LogP contribution in [-0.2, 0) is 0 Å². The highest BCUT2D eigenvalue weighted by Crippen LogP contribution is 2.23. The molecule has 0 aromatic carbocycles. The summed E-state index contributed by atoms with van der Waals surface area (Å²) < 4.78 is 0. The Morgan fingerprint density at radius 3 is 2.58 bits per heavy atom. The van der Waals surface area contributed by atoms with E-state index >= 15 is 0 Å². The molecule has 0 aliphatic carbocycles. The molecule has 1 heterocycles. The fraction of sp³-hybridized carbons (Fsp3) is 0. The van der Waals surface area contributed by atoms with E-state index in [0.29, 0.717) is 0 Å². The molecule has 0 aliphatic heterocycles. The van der Waals surface area contributed by atoms with Gasteiger partial charge < -0.3 is 10.8 Å². The van der Waals surface area contributed by atoms with Crippen molar-refractivity contribution < 1.29 is 9.90 Å². The number of aromatic carboxylic acids is 1. The number of rotatable bonds is 1. The smallest absolute Gasteiger partial charge is 0.340 e. The highest BCUT2D eigenvalue weighted by Gasteiger charge is 2.14. The molecule has 1 aromatic heterocycles. The van der Waals surface area contributed by atoms with Crippen molar-refractivity contribution in [1.29, 1.82) is 0 Å². The van der Waals surface area contributed by atoms with Gasteiger partial charge in [0.25, 0.3) is 0 Å². The summed E-state index contributed by atoms with van der Waals surface area (Å²) in [5.41, 5.74) is 5.12. The monoisotopic (exact) mass is 206 g/mol. The normalized spacial score (nSPS) is 9.83. The lowest BCUT2D eigenvalue weighted by Crippen LogP contribution is -2.04. The van der Waals surface area contributed by atoms with E-state index in [1.807, 2.05) is 0 Å². The number of hydrogen-bond donors (Lipinski definition) is 2. The first-order valence-electron chi connectivity index (χ1n) is 2.87. The second kappa shape index (κ2) is 3.16. The van der Waals surface area contributed by atoms with E-state index in [-0.39, 0.29) is 21.6 Å². The standard InChI is InChI=1S/C6H4Cl2N2O2/c7-3-1-2(9)4(6(11)12)5(8)10-3/h1H,(H2,9,10)(H,11,12). The highest BCUT2D eigenvalue weighted by atomic mass is 35.5. The van der Waals surface area contributed by atoms with Gasteiger partial charge in [0.1, 0.15) is 15.9 Å². The third-order valence-electron chi connectivity index (χ3n) is 1.19. The van der Waals surface area contributed by atoms with Crippen LogP contribution in [-0.4, -0.2) is 16.1 Å². The molecule has 0 unspecified atom stereocenters. The molecule has 12 heavy (non-hydrogen) atoms. The first-order valence-corrected chi connectivity index (χ1v) is 3.62. The van der Waals surface area contributed by atoms with Crippen molar-refractivity contribution in [2.45, 2.75) is 0 Å². The number of aromatic nitrogens is 1. The first kappa shape index (κ1) is 9.09. The number of anilines is 1. The number of carboxylic acid groups (broad SMARTS) is 1. The Balaban J connectivity index is 3.38. The Hall–Kier alpha value is -1.00. The SMILES string of the molecule is Nc1cc(Cl)nc(Cl)c1C(=O)O. The minimum atomic E-state index is -1.22. The van der Waals surface area contributed by atoms with Gasteiger partial charge in [-0.15, -0.1) is 0 Å². The number of nitrogens with zero attached hydrogens (tertiary/aromatic N) is 1. The molecule has 1 aromatic rings. The molecule has 1 rings (SSSR count). The number of carboxylic acids is 1. The Morgan fingerprint density at radius 2 is 2.17 bits per heavy atom. The summed E-state index contributed by atoms with van der Waals surface area (Å²) in [5.74, 6) is -1.22. The lowest BCUT2D eigenvalue weighted by molar-refractivity contribution is 0.0698. The molecule has 0 amide bonds. The van der Waals surface area contributed by atoms with Crippen molar-refractivity contribution in [3.8, 4) is 0 Å². The molecule has 0 aliphatic rings. The lowest BCUT2D eigenvalue weighted by atomic mass is 10.2. The summed E-state index contributed by atoms with van der Waals surface area (Å²) in [6, 6.07) is 1.23. The molecule has 0 radical (unpaired) electrons. The van der Waals surface area contributed by atoms with E-state index in [0.717, 1.165) is 0 Å². The van der Waals surface area contributed by atoms with E-state index in [4.69, 9.17) is 34.0 Å². The predicted molar refractivity (Wildman–Crippen MR) is 45.6 cm³/mol. The van der Waals surface area contributed by atoms with Crippen LogP contribution >= 0.6 is 23.2 Å². The average Bonchev–Trinajstić information content (AvgIpc) is 1.82. The van der Waals surface area contributed by atoms with Crippen LogP contribution in [0.5, 0.6) is 0 Å². The van der Waals surface area contributed by atoms with E-state index in [1.165, 1.54) is 6.07 Å². The Morgan fingerprint density at radius 1 is 1.58 bits per heavy atom. The molecule has 0 saturated heterocycles. The van der Waals surface area contributed by atoms with Gasteiger partial charge in [0.05, 0.1) is 5.69 Å². The van der Waals surface area contributed by atoms with E-state index < -0.39 is 5.97 Å². The highest BCUT2D eigenvalue weighted by molar-refractivity contribution is 6.35. The van der Waals surface area contributed by atoms with Crippen LogP contribution in [0.15, 0.2) is 6.07 Å². The van der Waals surface area contributed by atoms with Gasteiger partial charge in [-0.25, -0.2) is 9.78 Å². The number of hydrogen-bond acceptors (Lipinski definition) is 3. The summed E-state index contributed by atoms with van der Waals surface area (Å²) in [6.45, 7) is 0. The van der Waals surface area contributed by atoms with Gasteiger partial charge in [-0.2, -0.15) is 0 Å². The fourth-order valence-electron chi connectivity index (χ4n) is 0.713. The van der Waals surface area contributed by atoms with E-state index in [2.05, 4.69) is 4.98 Å². The second-order valence-corrected chi connectivity index (χ2v) is 2.75. The van der Waals surface area contributed by atoms with Crippen LogP contribution in [0.1, 0.15) is 10.4 Å². The van der Waals surface area contributed by atoms with Gasteiger partial charge in [0.2, 0.25) is 0 Å². The van der Waals surface area contributed by atoms with Crippen LogP contribution in [0, 0.1) is 0 Å². The third kappa shape index (κ3) is 1.60. The largest absolute Gasteiger partial charge is 0.478 e. The van der Waals surface area contributed by atoms with Gasteiger partial charge in [0.15, 0.2) is 0 Å². The molecule has 0 saturated carbocycles. The maximum atomic E-state index is 10.5. The fourth-order valence-corrected chi connectivity index (χ4v) is 1.24. The maximum Gasteiger partial charge on any atom is 0.340 e. The minimum absolute atomic E-state index is 0.00694. The molecule has 6 heteroatoms. The molecule has 64 valence electrons. The Kier molecular flexibility index (Phi) is 2.40. The number of pyridine rings is 1. The Labute approximate surface area is 77.9 Å². The molecule has 4 nitrogen and oxygen atoms in total. The summed E-state index contributed by atoms with van der Waals surface area (Å²) in [5, 5.41) is 8.46. The van der Waals surface area contributed by atoms with Crippen LogP contribution in [0.2, 0.25) is 10.3 Å². The van der Waals surface area contributed by atoms with E-state index in [9.17, 15) is 4.79 Å². The van der Waals surface area contributed by atoms with Gasteiger partial charge in [0, 0.05) is 0 Å². The molecule has 3 N–H and O–H groups in total. The zero-order valence-corrected chi connectivity index (χ0v) is 7.23. The topological polar surface area (TPSA) is 76.2 Å². The van der Waals surface area contributed by atoms with Crippen molar-refractivity contribution in [2.24, 2.45) is 0 Å². The number of halogens is 2. The average molecular weight is 207 g/mol. The van der Waals surface area contributed by atoms with Gasteiger partial charge >= 0.3 is 5.97 Å².